The summed E-state index contributed by atoms with van der Waals surface area (Å²) >= 11 is 0. The van der Waals surface area contributed by atoms with Crippen molar-refractivity contribution < 1.29 is 17.6 Å². The second-order valence-corrected chi connectivity index (χ2v) is 7.78. The number of benzene rings is 1. The van der Waals surface area contributed by atoms with E-state index in [4.69, 9.17) is 0 Å². The summed E-state index contributed by atoms with van der Waals surface area (Å²) in [5.74, 6) is -0.450. The van der Waals surface area contributed by atoms with Crippen LogP contribution >= 0.6 is 0 Å². The third-order valence-corrected chi connectivity index (χ3v) is 5.50. The number of halogens is 1. The molecule has 0 spiro atoms. The highest BCUT2D eigenvalue weighted by Gasteiger charge is 2.30. The molecule has 1 unspecified atom stereocenters. The Kier molecular flexibility index (Phi) is 5.10. The third kappa shape index (κ3) is 4.40. The SMILES string of the molecule is O=C1CC(CNS(=O)(=O)c2cccnc2)CN1Cc1ccc(F)cc1. The van der Waals surface area contributed by atoms with Gasteiger partial charge in [-0.1, -0.05) is 12.1 Å². The monoisotopic (exact) mass is 363 g/mol. The quantitative estimate of drug-likeness (QED) is 0.844. The van der Waals surface area contributed by atoms with Gasteiger partial charge in [0.05, 0.1) is 0 Å². The fourth-order valence-electron chi connectivity index (χ4n) is 2.77. The maximum absolute atomic E-state index is 12.9. The summed E-state index contributed by atoms with van der Waals surface area (Å²) in [5, 5.41) is 0. The van der Waals surface area contributed by atoms with Crippen molar-refractivity contribution in [2.75, 3.05) is 13.1 Å². The van der Waals surface area contributed by atoms with Crippen molar-refractivity contribution in [3.63, 3.8) is 0 Å². The molecule has 1 N–H and O–H groups in total. The van der Waals surface area contributed by atoms with Gasteiger partial charge in [-0.05, 0) is 35.7 Å². The molecule has 1 amide bonds. The zero-order valence-corrected chi connectivity index (χ0v) is 14.2. The number of carbonyl (C=O) groups excluding carboxylic acids is 1. The second-order valence-electron chi connectivity index (χ2n) is 6.01. The normalized spacial score (nSPS) is 17.9. The average molecular weight is 363 g/mol. The Morgan fingerprint density at radius 1 is 1.24 bits per heavy atom. The van der Waals surface area contributed by atoms with Crippen LogP contribution in [0.1, 0.15) is 12.0 Å². The molecule has 2 heterocycles. The molecule has 132 valence electrons. The number of hydrogen-bond acceptors (Lipinski definition) is 4. The molecule has 0 saturated carbocycles. The van der Waals surface area contributed by atoms with E-state index in [2.05, 4.69) is 9.71 Å². The van der Waals surface area contributed by atoms with Crippen LogP contribution in [0.2, 0.25) is 0 Å². The molecule has 1 saturated heterocycles. The van der Waals surface area contributed by atoms with Crippen LogP contribution in [-0.2, 0) is 21.4 Å². The molecule has 8 heteroatoms. The first-order chi connectivity index (χ1) is 11.9. The molecule has 0 bridgehead atoms. The Balaban J connectivity index is 1.57. The van der Waals surface area contributed by atoms with Gasteiger partial charge in [0.2, 0.25) is 15.9 Å². The van der Waals surface area contributed by atoms with Gasteiger partial charge < -0.3 is 4.90 Å². The maximum Gasteiger partial charge on any atom is 0.242 e. The van der Waals surface area contributed by atoms with Gasteiger partial charge in [-0.25, -0.2) is 17.5 Å². The predicted octanol–water partition coefficient (Wildman–Crippen LogP) is 1.55. The molecule has 0 aliphatic carbocycles. The molecule has 1 aromatic heterocycles. The van der Waals surface area contributed by atoms with E-state index in [0.717, 1.165) is 5.56 Å². The van der Waals surface area contributed by atoms with Crippen LogP contribution in [-0.4, -0.2) is 37.3 Å². The minimum atomic E-state index is -3.63. The lowest BCUT2D eigenvalue weighted by Gasteiger charge is -2.17. The van der Waals surface area contributed by atoms with E-state index in [1.807, 2.05) is 0 Å². The molecule has 2 aromatic rings. The van der Waals surface area contributed by atoms with Gasteiger partial charge in [0, 0.05) is 38.4 Å². The van der Waals surface area contributed by atoms with E-state index in [1.54, 1.807) is 23.1 Å². The number of sulfonamides is 1. The van der Waals surface area contributed by atoms with Crippen LogP contribution in [0.3, 0.4) is 0 Å². The van der Waals surface area contributed by atoms with Gasteiger partial charge in [0.25, 0.3) is 0 Å². The Morgan fingerprint density at radius 2 is 2.00 bits per heavy atom. The van der Waals surface area contributed by atoms with E-state index in [0.29, 0.717) is 13.1 Å². The Labute approximate surface area is 145 Å². The minimum Gasteiger partial charge on any atom is -0.338 e. The van der Waals surface area contributed by atoms with Crippen LogP contribution < -0.4 is 4.72 Å². The zero-order chi connectivity index (χ0) is 17.9. The van der Waals surface area contributed by atoms with E-state index in [9.17, 15) is 17.6 Å². The number of hydrogen-bond donors (Lipinski definition) is 1. The number of nitrogens with one attached hydrogen (secondary N) is 1. The number of nitrogens with zero attached hydrogens (tertiary/aromatic N) is 2. The summed E-state index contributed by atoms with van der Waals surface area (Å²) in [5.41, 5.74) is 0.839. The number of amides is 1. The van der Waals surface area contributed by atoms with E-state index >= 15 is 0 Å². The Morgan fingerprint density at radius 3 is 2.68 bits per heavy atom. The molecule has 1 aliphatic heterocycles. The van der Waals surface area contributed by atoms with Crippen molar-refractivity contribution in [1.29, 1.82) is 0 Å². The fraction of sp³-hybridized carbons (Fsp3) is 0.294. The zero-order valence-electron chi connectivity index (χ0n) is 13.4. The van der Waals surface area contributed by atoms with Crippen molar-refractivity contribution in [2.45, 2.75) is 17.9 Å². The Hall–Kier alpha value is -2.32. The number of pyridine rings is 1. The number of carbonyl (C=O) groups is 1. The molecule has 0 radical (unpaired) electrons. The molecule has 3 rings (SSSR count). The van der Waals surface area contributed by atoms with Crippen molar-refractivity contribution in [3.05, 3.63) is 60.2 Å². The van der Waals surface area contributed by atoms with Gasteiger partial charge in [-0.2, -0.15) is 0 Å². The van der Waals surface area contributed by atoms with E-state index < -0.39 is 10.0 Å². The van der Waals surface area contributed by atoms with Gasteiger partial charge in [0.15, 0.2) is 0 Å². The van der Waals surface area contributed by atoms with Gasteiger partial charge in [-0.15, -0.1) is 0 Å². The third-order valence-electron chi connectivity index (χ3n) is 4.09. The fourth-order valence-corrected chi connectivity index (χ4v) is 3.85. The van der Waals surface area contributed by atoms with Crippen molar-refractivity contribution in [3.8, 4) is 0 Å². The second kappa shape index (κ2) is 7.28. The van der Waals surface area contributed by atoms with Crippen LogP contribution in [0.25, 0.3) is 0 Å². The highest BCUT2D eigenvalue weighted by molar-refractivity contribution is 7.89. The number of likely N-dealkylation sites (tertiary alicyclic amines) is 1. The predicted molar refractivity (Wildman–Crippen MR) is 89.3 cm³/mol. The molecule has 25 heavy (non-hydrogen) atoms. The summed E-state index contributed by atoms with van der Waals surface area (Å²) in [6.45, 7) is 1.04. The van der Waals surface area contributed by atoms with Crippen LogP contribution in [0.4, 0.5) is 4.39 Å². The van der Waals surface area contributed by atoms with Crippen molar-refractivity contribution in [2.24, 2.45) is 5.92 Å². The summed E-state index contributed by atoms with van der Waals surface area (Å²) in [7, 11) is -3.63. The lowest BCUT2D eigenvalue weighted by Crippen LogP contribution is -2.31. The topological polar surface area (TPSA) is 79.4 Å². The van der Waals surface area contributed by atoms with Crippen LogP contribution in [0.15, 0.2) is 53.7 Å². The minimum absolute atomic E-state index is 0.0325. The first kappa shape index (κ1) is 17.5. The summed E-state index contributed by atoms with van der Waals surface area (Å²) in [6.07, 6.45) is 3.07. The van der Waals surface area contributed by atoms with Gasteiger partial charge in [0.1, 0.15) is 10.7 Å². The van der Waals surface area contributed by atoms with E-state index in [1.165, 1.54) is 30.6 Å². The lowest BCUT2D eigenvalue weighted by molar-refractivity contribution is -0.128. The highest BCUT2D eigenvalue weighted by atomic mass is 32.2. The smallest absolute Gasteiger partial charge is 0.242 e. The van der Waals surface area contributed by atoms with Crippen molar-refractivity contribution in [1.82, 2.24) is 14.6 Å². The molecule has 1 aliphatic rings. The van der Waals surface area contributed by atoms with Gasteiger partial charge in [-0.3, -0.25) is 9.78 Å². The molecular weight excluding hydrogens is 345 g/mol. The molecule has 6 nitrogen and oxygen atoms in total. The van der Waals surface area contributed by atoms with Crippen LogP contribution in [0, 0.1) is 11.7 Å². The molecule has 1 aromatic carbocycles. The molecule has 1 atom stereocenters. The summed E-state index contributed by atoms with van der Waals surface area (Å²) in [4.78, 5) is 17.7. The maximum atomic E-state index is 12.9. The van der Waals surface area contributed by atoms with Crippen LogP contribution in [0.5, 0.6) is 0 Å². The molecule has 1 fully saturated rings. The first-order valence-electron chi connectivity index (χ1n) is 7.86. The van der Waals surface area contributed by atoms with E-state index in [-0.39, 0.29) is 35.5 Å². The number of aromatic nitrogens is 1. The van der Waals surface area contributed by atoms with Gasteiger partial charge >= 0.3 is 0 Å². The summed E-state index contributed by atoms with van der Waals surface area (Å²) in [6, 6.07) is 9.01. The standard InChI is InChI=1S/C17H18FN3O3S/c18-15-5-3-13(4-6-15)11-21-12-14(8-17(21)22)9-20-25(23,24)16-2-1-7-19-10-16/h1-7,10,14,20H,8-9,11-12H2. The van der Waals surface area contributed by atoms with Crippen molar-refractivity contribution >= 4 is 15.9 Å². The summed E-state index contributed by atoms with van der Waals surface area (Å²) < 4.78 is 39.9. The highest BCUT2D eigenvalue weighted by Crippen LogP contribution is 2.20. The molecular formula is C17H18FN3O3S. The lowest BCUT2D eigenvalue weighted by atomic mass is 10.1. The first-order valence-corrected chi connectivity index (χ1v) is 9.34. The largest absolute Gasteiger partial charge is 0.338 e. The number of rotatable bonds is 6. The Bertz CT molecular complexity index is 841. The average Bonchev–Trinajstić information content (AvgIpc) is 2.96.